The van der Waals surface area contributed by atoms with Crippen molar-refractivity contribution >= 4 is 17.3 Å². The van der Waals surface area contributed by atoms with Crippen LogP contribution in [0, 0.1) is 0 Å². The summed E-state index contributed by atoms with van der Waals surface area (Å²) in [5.41, 5.74) is 9.23. The van der Waals surface area contributed by atoms with E-state index in [1.165, 1.54) is 12.8 Å². The predicted octanol–water partition coefficient (Wildman–Crippen LogP) is 2.99. The number of unbranched alkanes of at least 4 members (excludes halogenated alkanes) is 2. The van der Waals surface area contributed by atoms with Crippen molar-refractivity contribution < 1.29 is 4.79 Å². The lowest BCUT2D eigenvalue weighted by atomic mass is 9.94. The number of aliphatic imine (C=N–C) groups is 1. The highest BCUT2D eigenvalue weighted by molar-refractivity contribution is 6.10. The average Bonchev–Trinajstić information content (AvgIpc) is 2.31. The number of nitrogens with two attached hydrogens (primary N) is 1. The van der Waals surface area contributed by atoms with Gasteiger partial charge in [-0.25, -0.2) is 4.99 Å². The molecular weight excluding hydrogens is 212 g/mol. The molecule has 0 aromatic heterocycles. The van der Waals surface area contributed by atoms with Crippen molar-refractivity contribution in [3.05, 3.63) is 29.3 Å². The van der Waals surface area contributed by atoms with Gasteiger partial charge in [-0.1, -0.05) is 25.8 Å². The monoisotopic (exact) mass is 230 g/mol. The number of hydrogen-bond acceptors (Lipinski definition) is 2. The lowest BCUT2D eigenvalue weighted by Crippen LogP contribution is -2.18. The van der Waals surface area contributed by atoms with Crippen LogP contribution < -0.4 is 5.73 Å². The zero-order valence-electron chi connectivity index (χ0n) is 10.2. The molecule has 3 nitrogen and oxygen atoms in total. The summed E-state index contributed by atoms with van der Waals surface area (Å²) in [6.07, 6.45) is 5.11. The molecule has 1 amide bonds. The number of amides is 1. The second-order valence-electron chi connectivity index (χ2n) is 4.49. The Labute approximate surface area is 102 Å². The first-order chi connectivity index (χ1) is 8.22. The molecule has 1 heterocycles. The normalized spacial score (nSPS) is 14.4. The van der Waals surface area contributed by atoms with E-state index in [4.69, 9.17) is 5.73 Å². The molecule has 0 radical (unpaired) electrons. The van der Waals surface area contributed by atoms with Gasteiger partial charge in [0, 0.05) is 23.4 Å². The molecule has 0 bridgehead atoms. The Morgan fingerprint density at radius 2 is 2.18 bits per heavy atom. The molecule has 90 valence electrons. The predicted molar refractivity (Wildman–Crippen MR) is 70.5 cm³/mol. The number of anilines is 1. The Kier molecular flexibility index (Phi) is 3.57. The Morgan fingerprint density at radius 3 is 2.94 bits per heavy atom. The van der Waals surface area contributed by atoms with Crippen LogP contribution in [-0.4, -0.2) is 11.6 Å². The van der Waals surface area contributed by atoms with Gasteiger partial charge in [0.15, 0.2) is 0 Å². The fraction of sp³-hybridized carbons (Fsp3) is 0.429. The Hall–Kier alpha value is -1.64. The first-order valence-electron chi connectivity index (χ1n) is 6.20. The van der Waals surface area contributed by atoms with E-state index in [0.29, 0.717) is 11.3 Å². The molecule has 1 aliphatic heterocycles. The fourth-order valence-corrected chi connectivity index (χ4v) is 2.17. The number of carbonyl (C=O) groups excluding carboxylic acids is 1. The zero-order chi connectivity index (χ0) is 12.3. The number of rotatable bonds is 4. The molecule has 2 rings (SSSR count). The number of nitrogen functional groups attached to an aromatic ring is 1. The van der Waals surface area contributed by atoms with Gasteiger partial charge in [0.25, 0.3) is 5.91 Å². The smallest absolute Gasteiger partial charge is 0.277 e. The highest BCUT2D eigenvalue weighted by atomic mass is 16.1. The average molecular weight is 230 g/mol. The van der Waals surface area contributed by atoms with Crippen molar-refractivity contribution in [1.29, 1.82) is 0 Å². The van der Waals surface area contributed by atoms with Crippen LogP contribution in [0.4, 0.5) is 5.69 Å². The minimum Gasteiger partial charge on any atom is -0.398 e. The highest BCUT2D eigenvalue weighted by Gasteiger charge is 2.20. The summed E-state index contributed by atoms with van der Waals surface area (Å²) in [5.74, 6) is -0.134. The molecule has 0 aliphatic carbocycles. The summed E-state index contributed by atoms with van der Waals surface area (Å²) in [6, 6.07) is 5.46. The number of carbonyl (C=O) groups is 1. The van der Waals surface area contributed by atoms with Gasteiger partial charge in [-0.3, -0.25) is 4.79 Å². The van der Waals surface area contributed by atoms with Gasteiger partial charge >= 0.3 is 0 Å². The molecule has 1 aromatic rings. The van der Waals surface area contributed by atoms with Crippen LogP contribution in [0.3, 0.4) is 0 Å². The van der Waals surface area contributed by atoms with E-state index in [-0.39, 0.29) is 5.91 Å². The molecule has 0 spiro atoms. The van der Waals surface area contributed by atoms with E-state index < -0.39 is 0 Å². The molecular formula is C14H18N2O. The van der Waals surface area contributed by atoms with Crippen molar-refractivity contribution in [3.63, 3.8) is 0 Å². The molecule has 3 heteroatoms. The quantitative estimate of drug-likeness (QED) is 0.638. The van der Waals surface area contributed by atoms with Crippen molar-refractivity contribution in [2.24, 2.45) is 4.99 Å². The lowest BCUT2D eigenvalue weighted by molar-refractivity contribution is 0.1000. The van der Waals surface area contributed by atoms with Crippen molar-refractivity contribution in [2.45, 2.75) is 39.0 Å². The summed E-state index contributed by atoms with van der Waals surface area (Å²) >= 11 is 0. The molecule has 0 saturated carbocycles. The van der Waals surface area contributed by atoms with Crippen LogP contribution in [0.5, 0.6) is 0 Å². The first kappa shape index (κ1) is 11.8. The summed E-state index contributed by atoms with van der Waals surface area (Å²) in [6.45, 7) is 2.17. The van der Waals surface area contributed by atoms with Gasteiger partial charge in [-0.05, 0) is 30.5 Å². The number of nitrogens with zero attached hydrogens (tertiary/aromatic N) is 1. The van der Waals surface area contributed by atoms with Crippen molar-refractivity contribution in [2.75, 3.05) is 5.73 Å². The molecule has 0 atom stereocenters. The van der Waals surface area contributed by atoms with E-state index >= 15 is 0 Å². The maximum absolute atomic E-state index is 11.8. The van der Waals surface area contributed by atoms with Gasteiger partial charge in [-0.15, -0.1) is 0 Å². The third-order valence-electron chi connectivity index (χ3n) is 3.15. The Balaban J connectivity index is 2.16. The molecule has 0 fully saturated rings. The summed E-state index contributed by atoms with van der Waals surface area (Å²) < 4.78 is 0. The van der Waals surface area contributed by atoms with Crippen molar-refractivity contribution in [3.8, 4) is 0 Å². The van der Waals surface area contributed by atoms with Gasteiger partial charge in [0.05, 0.1) is 0 Å². The van der Waals surface area contributed by atoms with Gasteiger partial charge < -0.3 is 5.73 Å². The lowest BCUT2D eigenvalue weighted by Gasteiger charge is -2.16. The second-order valence-corrected chi connectivity index (χ2v) is 4.49. The number of benzene rings is 1. The van der Waals surface area contributed by atoms with Crippen LogP contribution >= 0.6 is 0 Å². The minimum absolute atomic E-state index is 0.134. The third kappa shape index (κ3) is 2.54. The largest absolute Gasteiger partial charge is 0.398 e. The van der Waals surface area contributed by atoms with Gasteiger partial charge in [-0.2, -0.15) is 0 Å². The summed E-state index contributed by atoms with van der Waals surface area (Å²) in [5, 5.41) is 0. The van der Waals surface area contributed by atoms with E-state index in [1.54, 1.807) is 6.07 Å². The maximum Gasteiger partial charge on any atom is 0.277 e. The fourth-order valence-electron chi connectivity index (χ4n) is 2.17. The molecule has 0 saturated heterocycles. The van der Waals surface area contributed by atoms with Gasteiger partial charge in [0.2, 0.25) is 0 Å². The SMILES string of the molecule is CCCCCC1=NC(=O)c2cccc(N)c2C1. The third-order valence-corrected chi connectivity index (χ3v) is 3.15. The highest BCUT2D eigenvalue weighted by Crippen LogP contribution is 2.24. The van der Waals surface area contributed by atoms with E-state index in [2.05, 4.69) is 11.9 Å². The first-order valence-corrected chi connectivity index (χ1v) is 6.20. The molecule has 0 unspecified atom stereocenters. The zero-order valence-corrected chi connectivity index (χ0v) is 10.2. The second kappa shape index (κ2) is 5.13. The number of fused-ring (bicyclic) bond motifs is 1. The molecule has 1 aromatic carbocycles. The molecule has 1 aliphatic rings. The van der Waals surface area contributed by atoms with Crippen LogP contribution in [0.1, 0.15) is 48.5 Å². The van der Waals surface area contributed by atoms with Crippen LogP contribution in [-0.2, 0) is 6.42 Å². The topological polar surface area (TPSA) is 55.5 Å². The maximum atomic E-state index is 11.8. The molecule has 2 N–H and O–H groups in total. The number of hydrogen-bond donors (Lipinski definition) is 1. The summed E-state index contributed by atoms with van der Waals surface area (Å²) in [7, 11) is 0. The summed E-state index contributed by atoms with van der Waals surface area (Å²) in [4.78, 5) is 16.0. The van der Waals surface area contributed by atoms with E-state index in [1.807, 2.05) is 12.1 Å². The Bertz CT molecular complexity index is 463. The van der Waals surface area contributed by atoms with Crippen LogP contribution in [0.2, 0.25) is 0 Å². The Morgan fingerprint density at radius 1 is 1.35 bits per heavy atom. The van der Waals surface area contributed by atoms with Crippen LogP contribution in [0.15, 0.2) is 23.2 Å². The minimum atomic E-state index is -0.134. The van der Waals surface area contributed by atoms with Crippen LogP contribution in [0.25, 0.3) is 0 Å². The van der Waals surface area contributed by atoms with Crippen molar-refractivity contribution in [1.82, 2.24) is 0 Å². The van der Waals surface area contributed by atoms with Gasteiger partial charge in [0.1, 0.15) is 0 Å². The van der Waals surface area contributed by atoms with E-state index in [0.717, 1.165) is 30.5 Å². The standard InChI is InChI=1S/C14H18N2O/c1-2-3-4-6-10-9-12-11(14(17)16-10)7-5-8-13(12)15/h5,7-8H,2-4,6,9,15H2,1H3. The molecule has 17 heavy (non-hydrogen) atoms. The van der Waals surface area contributed by atoms with E-state index in [9.17, 15) is 4.79 Å².